The highest BCUT2D eigenvalue weighted by Crippen LogP contribution is 2.47. The molecule has 2 heteroatoms. The largest absolute Gasteiger partial charge is 0.337 e. The van der Waals surface area contributed by atoms with E-state index in [0.29, 0.717) is 6.04 Å². The molecule has 2 heterocycles. The van der Waals surface area contributed by atoms with Crippen LogP contribution in [0.5, 0.6) is 0 Å². The summed E-state index contributed by atoms with van der Waals surface area (Å²) in [7, 11) is 0. The van der Waals surface area contributed by atoms with E-state index in [1.807, 2.05) is 0 Å². The lowest BCUT2D eigenvalue weighted by Gasteiger charge is -2.21. The van der Waals surface area contributed by atoms with Gasteiger partial charge in [-0.2, -0.15) is 0 Å². The van der Waals surface area contributed by atoms with Gasteiger partial charge < -0.3 is 4.90 Å². The maximum Gasteiger partial charge on any atom is 0.0453 e. The van der Waals surface area contributed by atoms with Gasteiger partial charge >= 0.3 is 0 Å². The van der Waals surface area contributed by atoms with Gasteiger partial charge in [0, 0.05) is 21.9 Å². The van der Waals surface area contributed by atoms with Gasteiger partial charge in [0.05, 0.1) is 0 Å². The van der Waals surface area contributed by atoms with Crippen LogP contribution in [0.2, 0.25) is 0 Å². The maximum atomic E-state index is 3.60. The first-order valence-corrected chi connectivity index (χ1v) is 8.85. The molecule has 0 bridgehead atoms. The molecule has 0 aliphatic carbocycles. The zero-order valence-corrected chi connectivity index (χ0v) is 14.3. The molecule has 0 amide bonds. The molecule has 1 unspecified atom stereocenters. The Bertz CT molecular complexity index is 901. The summed E-state index contributed by atoms with van der Waals surface area (Å²) in [6.07, 6.45) is 2.29. The van der Waals surface area contributed by atoms with Crippen LogP contribution in [-0.4, -0.2) is 6.04 Å². The van der Waals surface area contributed by atoms with Crippen molar-refractivity contribution >= 4 is 27.3 Å². The van der Waals surface area contributed by atoms with E-state index in [9.17, 15) is 0 Å². The van der Waals surface area contributed by atoms with Gasteiger partial charge in [-0.15, -0.1) is 0 Å². The maximum absolute atomic E-state index is 3.60. The van der Waals surface area contributed by atoms with Crippen LogP contribution in [0.15, 0.2) is 71.2 Å². The summed E-state index contributed by atoms with van der Waals surface area (Å²) < 4.78 is 1.18. The van der Waals surface area contributed by atoms with Crippen LogP contribution in [0, 0.1) is 0 Å². The van der Waals surface area contributed by atoms with Crippen molar-refractivity contribution in [2.24, 2.45) is 0 Å². The summed E-state index contributed by atoms with van der Waals surface area (Å²) in [6, 6.07) is 24.9. The van der Waals surface area contributed by atoms with Gasteiger partial charge in [-0.25, -0.2) is 0 Å². The van der Waals surface area contributed by atoms with Crippen LogP contribution in [0.1, 0.15) is 11.1 Å². The molecular formula is C21H16BrN. The molecule has 2 aliphatic rings. The summed E-state index contributed by atoms with van der Waals surface area (Å²) >= 11 is 3.60. The first kappa shape index (κ1) is 13.4. The minimum atomic E-state index is 0.584. The summed E-state index contributed by atoms with van der Waals surface area (Å²) in [5.74, 6) is 0. The number of benzene rings is 3. The predicted octanol–water partition coefficient (Wildman–Crippen LogP) is 5.74. The van der Waals surface area contributed by atoms with Gasteiger partial charge in [0.25, 0.3) is 0 Å². The zero-order valence-electron chi connectivity index (χ0n) is 12.7. The molecule has 0 saturated carbocycles. The molecule has 0 spiro atoms. The number of anilines is 2. The number of rotatable bonds is 1. The highest BCUT2D eigenvalue weighted by molar-refractivity contribution is 9.10. The van der Waals surface area contributed by atoms with Gasteiger partial charge in [-0.3, -0.25) is 0 Å². The summed E-state index contributed by atoms with van der Waals surface area (Å²) in [6.45, 7) is 0. The van der Waals surface area contributed by atoms with Crippen molar-refractivity contribution in [2.45, 2.75) is 18.9 Å². The average Bonchev–Trinajstić information content (AvgIpc) is 3.10. The molecule has 1 atom stereocenters. The molecule has 112 valence electrons. The Morgan fingerprint density at radius 3 is 2.43 bits per heavy atom. The van der Waals surface area contributed by atoms with Crippen LogP contribution in [0.4, 0.5) is 11.4 Å². The van der Waals surface area contributed by atoms with Gasteiger partial charge in [0.2, 0.25) is 0 Å². The van der Waals surface area contributed by atoms with Gasteiger partial charge in [0.1, 0.15) is 0 Å². The Hall–Kier alpha value is -2.06. The Morgan fingerprint density at radius 2 is 1.57 bits per heavy atom. The molecule has 3 aromatic rings. The van der Waals surface area contributed by atoms with E-state index in [1.54, 1.807) is 0 Å². The third-order valence-corrected chi connectivity index (χ3v) is 5.52. The van der Waals surface area contributed by atoms with E-state index >= 15 is 0 Å². The molecule has 3 aromatic carbocycles. The quantitative estimate of drug-likeness (QED) is 0.534. The lowest BCUT2D eigenvalue weighted by atomic mass is 10.00. The summed E-state index contributed by atoms with van der Waals surface area (Å²) in [5, 5.41) is 0. The molecule has 23 heavy (non-hydrogen) atoms. The van der Waals surface area contributed by atoms with Crippen LogP contribution >= 0.6 is 15.9 Å². The Kier molecular flexibility index (Phi) is 2.89. The number of halogens is 1. The fraction of sp³-hybridized carbons (Fsp3) is 0.143. The molecule has 0 saturated heterocycles. The van der Waals surface area contributed by atoms with Crippen molar-refractivity contribution < 1.29 is 0 Å². The Balaban J connectivity index is 1.63. The standard InChI is InChI=1S/C21H16BrN/c22-18-8-9-20-17(10-18)12-19-11-16-7-6-15(13-21(16)23(19)20)14-4-2-1-3-5-14/h1-10,13,19H,11-12H2. The molecule has 0 aromatic heterocycles. The van der Waals surface area contributed by atoms with Crippen LogP contribution in [0.25, 0.3) is 11.1 Å². The Labute approximate surface area is 144 Å². The van der Waals surface area contributed by atoms with Crippen molar-refractivity contribution in [3.63, 3.8) is 0 Å². The number of hydrogen-bond donors (Lipinski definition) is 0. The van der Waals surface area contributed by atoms with Crippen molar-refractivity contribution in [2.75, 3.05) is 4.90 Å². The van der Waals surface area contributed by atoms with E-state index in [0.717, 1.165) is 12.8 Å². The van der Waals surface area contributed by atoms with Crippen molar-refractivity contribution in [3.05, 3.63) is 82.3 Å². The highest BCUT2D eigenvalue weighted by Gasteiger charge is 2.37. The van der Waals surface area contributed by atoms with Crippen LogP contribution in [-0.2, 0) is 12.8 Å². The molecular weight excluding hydrogens is 346 g/mol. The van der Waals surface area contributed by atoms with Gasteiger partial charge in [-0.1, -0.05) is 58.4 Å². The number of fused-ring (bicyclic) bond motifs is 5. The molecule has 2 aliphatic heterocycles. The second kappa shape index (κ2) is 4.97. The number of nitrogens with zero attached hydrogens (tertiary/aromatic N) is 1. The lowest BCUT2D eigenvalue weighted by Crippen LogP contribution is -2.22. The monoisotopic (exact) mass is 361 g/mol. The van der Waals surface area contributed by atoms with Crippen molar-refractivity contribution in [1.82, 2.24) is 0 Å². The second-order valence-electron chi connectivity index (χ2n) is 6.41. The van der Waals surface area contributed by atoms with E-state index < -0.39 is 0 Å². The van der Waals surface area contributed by atoms with Crippen molar-refractivity contribution in [1.29, 1.82) is 0 Å². The third kappa shape index (κ3) is 2.05. The minimum absolute atomic E-state index is 0.584. The third-order valence-electron chi connectivity index (χ3n) is 5.03. The molecule has 0 fully saturated rings. The predicted molar refractivity (Wildman–Crippen MR) is 99.4 cm³/mol. The lowest BCUT2D eigenvalue weighted by molar-refractivity contribution is 0.725. The van der Waals surface area contributed by atoms with E-state index in [1.165, 1.54) is 38.1 Å². The fourth-order valence-electron chi connectivity index (χ4n) is 4.01. The molecule has 5 rings (SSSR count). The van der Waals surface area contributed by atoms with Gasteiger partial charge in [-0.05, 0) is 59.4 Å². The van der Waals surface area contributed by atoms with E-state index in [4.69, 9.17) is 0 Å². The van der Waals surface area contributed by atoms with Crippen molar-refractivity contribution in [3.8, 4) is 11.1 Å². The molecule has 1 nitrogen and oxygen atoms in total. The first-order valence-electron chi connectivity index (χ1n) is 8.05. The van der Waals surface area contributed by atoms with Crippen LogP contribution in [0.3, 0.4) is 0 Å². The topological polar surface area (TPSA) is 3.24 Å². The summed E-state index contributed by atoms with van der Waals surface area (Å²) in [4.78, 5) is 2.55. The molecule has 0 radical (unpaired) electrons. The molecule has 0 N–H and O–H groups in total. The average molecular weight is 362 g/mol. The van der Waals surface area contributed by atoms with Crippen LogP contribution < -0.4 is 4.90 Å². The van der Waals surface area contributed by atoms with Gasteiger partial charge in [0.15, 0.2) is 0 Å². The highest BCUT2D eigenvalue weighted by atomic mass is 79.9. The number of hydrogen-bond acceptors (Lipinski definition) is 1. The smallest absolute Gasteiger partial charge is 0.0453 e. The normalized spacial score (nSPS) is 17.8. The first-order chi connectivity index (χ1) is 11.3. The van der Waals surface area contributed by atoms with E-state index in [-0.39, 0.29) is 0 Å². The Morgan fingerprint density at radius 1 is 0.739 bits per heavy atom. The zero-order chi connectivity index (χ0) is 15.4. The fourth-order valence-corrected chi connectivity index (χ4v) is 4.42. The van der Waals surface area contributed by atoms with E-state index in [2.05, 4.69) is 87.6 Å². The summed E-state index contributed by atoms with van der Waals surface area (Å²) in [5.41, 5.74) is 8.28. The second-order valence-corrected chi connectivity index (χ2v) is 7.33. The minimum Gasteiger partial charge on any atom is -0.337 e. The SMILES string of the molecule is Brc1ccc2c(c1)CC1Cc3ccc(-c4ccccc4)cc3N21.